The number of allylic oxidation sites excluding steroid dienone is 19. The van der Waals surface area contributed by atoms with E-state index in [1.807, 2.05) is 54.7 Å². The second-order valence-electron chi connectivity index (χ2n) is 17.6. The van der Waals surface area contributed by atoms with Gasteiger partial charge < -0.3 is 20.3 Å². The van der Waals surface area contributed by atoms with Gasteiger partial charge in [0.1, 0.15) is 6.10 Å². The molecule has 0 saturated heterocycles. The first-order chi connectivity index (χ1) is 32.5. The molecule has 0 bridgehead atoms. The number of hydrogen-bond donors (Lipinski definition) is 3. The number of ether oxygens (including phenoxy) is 1. The Labute approximate surface area is 406 Å². The van der Waals surface area contributed by atoms with E-state index in [2.05, 4.69) is 92.9 Å². The molecule has 6 heteroatoms. The van der Waals surface area contributed by atoms with E-state index in [9.17, 15) is 19.8 Å². The zero-order valence-corrected chi connectivity index (χ0v) is 42.5. The van der Waals surface area contributed by atoms with Crippen LogP contribution in [-0.4, -0.2) is 46.9 Å². The molecule has 0 aliphatic rings. The largest absolute Gasteiger partial charge is 0.461 e. The van der Waals surface area contributed by atoms with Crippen molar-refractivity contribution in [3.8, 4) is 0 Å². The summed E-state index contributed by atoms with van der Waals surface area (Å²) < 4.78 is 5.83. The maximum atomic E-state index is 13.2. The van der Waals surface area contributed by atoms with E-state index in [-0.39, 0.29) is 24.9 Å². The summed E-state index contributed by atoms with van der Waals surface area (Å²) in [6, 6.07) is -0.755. The third kappa shape index (κ3) is 46.8. The molecule has 0 aromatic rings. The average Bonchev–Trinajstić information content (AvgIpc) is 3.31. The molecule has 66 heavy (non-hydrogen) atoms. The molecule has 0 aliphatic carbocycles. The van der Waals surface area contributed by atoms with Gasteiger partial charge in [0.15, 0.2) is 0 Å². The highest BCUT2D eigenvalue weighted by molar-refractivity contribution is 5.77. The first-order valence-electron chi connectivity index (χ1n) is 26.8. The maximum Gasteiger partial charge on any atom is 0.306 e. The topological polar surface area (TPSA) is 95.9 Å². The molecule has 0 aromatic heterocycles. The Morgan fingerprint density at radius 1 is 0.485 bits per heavy atom. The highest BCUT2D eigenvalue weighted by Gasteiger charge is 2.23. The number of hydrogen-bond acceptors (Lipinski definition) is 5. The lowest BCUT2D eigenvalue weighted by Gasteiger charge is -2.24. The lowest BCUT2D eigenvalue weighted by Crippen LogP contribution is -2.46. The van der Waals surface area contributed by atoms with Crippen LogP contribution in [0.4, 0.5) is 0 Å². The predicted molar refractivity (Wildman–Crippen MR) is 286 cm³/mol. The molecule has 0 saturated carbocycles. The first-order valence-corrected chi connectivity index (χ1v) is 26.8. The minimum Gasteiger partial charge on any atom is -0.461 e. The van der Waals surface area contributed by atoms with Crippen LogP contribution in [0.25, 0.3) is 0 Å². The van der Waals surface area contributed by atoms with Gasteiger partial charge in [0.2, 0.25) is 5.91 Å². The highest BCUT2D eigenvalue weighted by atomic mass is 16.5. The molecule has 0 spiro atoms. The molecule has 0 fully saturated rings. The average molecular weight is 914 g/mol. The normalized spacial score (nSPS) is 14.2. The third-order valence-electron chi connectivity index (χ3n) is 11.4. The highest BCUT2D eigenvalue weighted by Crippen LogP contribution is 2.16. The number of nitrogens with one attached hydrogen (secondary N) is 1. The molecule has 3 N–H and O–H groups in total. The van der Waals surface area contributed by atoms with Crippen LogP contribution in [0.1, 0.15) is 220 Å². The monoisotopic (exact) mass is 914 g/mol. The standard InChI is InChI=1S/C60H99NO5/c1-4-7-10-13-16-19-22-24-26-28-29-31-33-35-38-41-44-47-50-53-60(65)66-56(51-48-45-42-39-36-21-18-15-12-9-6-3)54-59(64)61-57(55-62)58(63)52-49-46-43-40-37-34-32-30-27-25-23-20-17-14-11-8-5-2/h7,9-10,12,15-16,18-19,21,24,26,29,31,35-36,38-39,42,45,48,56-58,62-63H,4-6,8,11,13-14,17,20,22-23,25,27-28,30,32-34,37,40-41,43-44,46-47,49-55H2,1-3H3,(H,61,64)/b10-7-,12-9+,18-15+,19-16-,26-24-,31-29-,36-21-,38-35-,42-39-,48-45+. The molecule has 0 radical (unpaired) electrons. The number of aliphatic hydroxyl groups excluding tert-OH is 2. The molecule has 374 valence electrons. The molecule has 0 aliphatic heterocycles. The van der Waals surface area contributed by atoms with Crippen molar-refractivity contribution >= 4 is 11.9 Å². The second-order valence-corrected chi connectivity index (χ2v) is 17.6. The van der Waals surface area contributed by atoms with Gasteiger partial charge in [-0.3, -0.25) is 9.59 Å². The second kappa shape index (κ2) is 52.2. The van der Waals surface area contributed by atoms with E-state index in [0.717, 1.165) is 83.5 Å². The number of carbonyl (C=O) groups excluding carboxylic acids is 2. The maximum absolute atomic E-state index is 13.2. The van der Waals surface area contributed by atoms with Gasteiger partial charge in [-0.2, -0.15) is 0 Å². The molecule has 3 unspecified atom stereocenters. The van der Waals surface area contributed by atoms with Crippen LogP contribution in [0.2, 0.25) is 0 Å². The van der Waals surface area contributed by atoms with Gasteiger partial charge in [-0.25, -0.2) is 0 Å². The van der Waals surface area contributed by atoms with Crippen LogP contribution in [0.3, 0.4) is 0 Å². The van der Waals surface area contributed by atoms with Gasteiger partial charge in [0, 0.05) is 12.8 Å². The summed E-state index contributed by atoms with van der Waals surface area (Å²) in [6.45, 7) is 6.18. The molecule has 0 aromatic carbocycles. The van der Waals surface area contributed by atoms with Crippen molar-refractivity contribution in [2.45, 2.75) is 238 Å². The van der Waals surface area contributed by atoms with Gasteiger partial charge in [0.05, 0.1) is 25.2 Å². The quantitative estimate of drug-likeness (QED) is 0.0245. The lowest BCUT2D eigenvalue weighted by molar-refractivity contribution is -0.150. The van der Waals surface area contributed by atoms with E-state index in [1.54, 1.807) is 0 Å². The first kappa shape index (κ1) is 62.3. The predicted octanol–water partition coefficient (Wildman–Crippen LogP) is 16.5. The van der Waals surface area contributed by atoms with E-state index in [1.165, 1.54) is 89.9 Å². The molecule has 0 heterocycles. The van der Waals surface area contributed by atoms with Crippen LogP contribution >= 0.6 is 0 Å². The number of esters is 1. The number of rotatable bonds is 46. The summed E-state index contributed by atoms with van der Waals surface area (Å²) >= 11 is 0. The van der Waals surface area contributed by atoms with Crippen molar-refractivity contribution < 1.29 is 24.5 Å². The summed E-state index contributed by atoms with van der Waals surface area (Å²) in [7, 11) is 0. The summed E-state index contributed by atoms with van der Waals surface area (Å²) in [5.41, 5.74) is 0. The Morgan fingerprint density at radius 3 is 1.39 bits per heavy atom. The van der Waals surface area contributed by atoms with Gasteiger partial charge in [-0.15, -0.1) is 0 Å². The molecular formula is C60H99NO5. The Morgan fingerprint density at radius 2 is 0.909 bits per heavy atom. The van der Waals surface area contributed by atoms with E-state index in [4.69, 9.17) is 4.74 Å². The van der Waals surface area contributed by atoms with Crippen molar-refractivity contribution in [2.75, 3.05) is 6.61 Å². The van der Waals surface area contributed by atoms with Crippen LogP contribution in [0.15, 0.2) is 122 Å². The molecule has 1 amide bonds. The molecular weight excluding hydrogens is 815 g/mol. The number of carbonyl (C=O) groups is 2. The zero-order chi connectivity index (χ0) is 48.1. The third-order valence-corrected chi connectivity index (χ3v) is 11.4. The van der Waals surface area contributed by atoms with Crippen molar-refractivity contribution in [1.82, 2.24) is 5.32 Å². The van der Waals surface area contributed by atoms with Gasteiger partial charge >= 0.3 is 5.97 Å². The minimum atomic E-state index is -0.832. The molecule has 3 atom stereocenters. The number of aliphatic hydroxyl groups is 2. The van der Waals surface area contributed by atoms with Crippen LogP contribution in [0, 0.1) is 0 Å². The Kier molecular flexibility index (Phi) is 49.3. The van der Waals surface area contributed by atoms with Crippen molar-refractivity contribution in [2.24, 2.45) is 0 Å². The van der Waals surface area contributed by atoms with Gasteiger partial charge in [-0.1, -0.05) is 258 Å². The Bertz CT molecular complexity index is 1390. The molecule has 0 rings (SSSR count). The fraction of sp³-hybridized carbons (Fsp3) is 0.633. The lowest BCUT2D eigenvalue weighted by atomic mass is 10.0. The van der Waals surface area contributed by atoms with Gasteiger partial charge in [-0.05, 0) is 64.2 Å². The Balaban J connectivity index is 4.65. The Hall–Kier alpha value is -3.74. The number of amides is 1. The van der Waals surface area contributed by atoms with Crippen molar-refractivity contribution in [3.05, 3.63) is 122 Å². The smallest absolute Gasteiger partial charge is 0.306 e. The summed E-state index contributed by atoms with van der Waals surface area (Å²) in [5, 5.41) is 23.7. The van der Waals surface area contributed by atoms with Gasteiger partial charge in [0.25, 0.3) is 0 Å². The minimum absolute atomic E-state index is 0.0395. The van der Waals surface area contributed by atoms with Crippen molar-refractivity contribution in [3.63, 3.8) is 0 Å². The van der Waals surface area contributed by atoms with Crippen molar-refractivity contribution in [1.29, 1.82) is 0 Å². The van der Waals surface area contributed by atoms with E-state index < -0.39 is 18.2 Å². The zero-order valence-electron chi connectivity index (χ0n) is 42.5. The summed E-state index contributed by atoms with van der Waals surface area (Å²) in [4.78, 5) is 26.1. The summed E-state index contributed by atoms with van der Waals surface area (Å²) in [6.07, 6.45) is 72.9. The van der Waals surface area contributed by atoms with Crippen LogP contribution < -0.4 is 5.32 Å². The SMILES string of the molecule is CC/C=C\C/C=C\C/C=C\C/C=C\C/C=C\CCCCCC(=O)OC(C/C=C/C=C\C=C/C=C/C=C/CC)CC(=O)NC(CO)C(O)CCCCCCCCCCCCCCCCCCC. The fourth-order valence-electron chi connectivity index (χ4n) is 7.42. The van der Waals surface area contributed by atoms with Crippen LogP contribution in [0.5, 0.6) is 0 Å². The molecule has 6 nitrogen and oxygen atoms in total. The summed E-state index contributed by atoms with van der Waals surface area (Å²) in [5.74, 6) is -0.655. The van der Waals surface area contributed by atoms with E-state index >= 15 is 0 Å². The van der Waals surface area contributed by atoms with E-state index in [0.29, 0.717) is 19.3 Å². The number of unbranched alkanes of at least 4 members (excludes halogenated alkanes) is 19. The fourth-order valence-corrected chi connectivity index (χ4v) is 7.42. The van der Waals surface area contributed by atoms with Crippen LogP contribution in [-0.2, 0) is 14.3 Å².